The monoisotopic (exact) mass is 259 g/mol. The van der Waals surface area contributed by atoms with Crippen LogP contribution < -0.4 is 0 Å². The lowest BCUT2D eigenvalue weighted by molar-refractivity contribution is 1.34. The Morgan fingerprint density at radius 1 is 1.00 bits per heavy atom. The third kappa shape index (κ3) is 1.39. The van der Waals surface area contributed by atoms with E-state index in [2.05, 4.69) is 25.9 Å². The Morgan fingerprint density at radius 2 is 1.73 bits per heavy atom. The molecule has 2 heterocycles. The average molecular weight is 260 g/mol. The van der Waals surface area contributed by atoms with Gasteiger partial charge in [0.2, 0.25) is 0 Å². The number of pyridine rings is 2. The fourth-order valence-corrected chi connectivity index (χ4v) is 1.96. The Labute approximate surface area is 96.5 Å². The predicted molar refractivity (Wildman–Crippen MR) is 64.7 cm³/mol. The van der Waals surface area contributed by atoms with Crippen molar-refractivity contribution in [3.63, 3.8) is 0 Å². The van der Waals surface area contributed by atoms with Gasteiger partial charge in [0.1, 0.15) is 4.60 Å². The number of aromatic nitrogens is 2. The largest absolute Gasteiger partial charge is 0.254 e. The summed E-state index contributed by atoms with van der Waals surface area (Å²) in [5.74, 6) is 0. The molecule has 0 radical (unpaired) electrons. The molecule has 0 saturated carbocycles. The Kier molecular flexibility index (Phi) is 1.70. The molecule has 1 aromatic carbocycles. The maximum Gasteiger partial charge on any atom is 0.106 e. The number of hydrogen-bond donors (Lipinski definition) is 0. The third-order valence-corrected chi connectivity index (χ3v) is 2.79. The number of hydrogen-bond acceptors (Lipinski definition) is 2. The van der Waals surface area contributed by atoms with Gasteiger partial charge in [0, 0.05) is 16.9 Å². The van der Waals surface area contributed by atoms with Gasteiger partial charge >= 0.3 is 0 Å². The van der Waals surface area contributed by atoms with Crippen LogP contribution in [0.15, 0.2) is 47.2 Å². The van der Waals surface area contributed by atoms with E-state index >= 15 is 0 Å². The molecule has 0 amide bonds. The highest BCUT2D eigenvalue weighted by molar-refractivity contribution is 9.10. The Balaban J connectivity index is 2.55. The van der Waals surface area contributed by atoms with E-state index in [1.165, 1.54) is 0 Å². The number of nitrogens with zero attached hydrogens (tertiary/aromatic N) is 2. The van der Waals surface area contributed by atoms with Gasteiger partial charge in [0.15, 0.2) is 0 Å². The van der Waals surface area contributed by atoms with Gasteiger partial charge in [0.05, 0.1) is 12.4 Å². The molecule has 3 heteroatoms. The van der Waals surface area contributed by atoms with Crippen molar-refractivity contribution in [2.75, 3.05) is 0 Å². The van der Waals surface area contributed by atoms with E-state index in [9.17, 15) is 0 Å². The summed E-state index contributed by atoms with van der Waals surface area (Å²) in [5.41, 5.74) is 1.62. The number of halogens is 1. The summed E-state index contributed by atoms with van der Waals surface area (Å²) in [5, 5.41) is 2.04. The zero-order valence-electron chi connectivity index (χ0n) is 8.74. The minimum absolute atomic E-state index is 0.266. The van der Waals surface area contributed by atoms with Crippen LogP contribution in [0.25, 0.3) is 21.8 Å². The molecule has 0 aliphatic carbocycles. The second-order valence-corrected chi connectivity index (χ2v) is 4.10. The third-order valence-electron chi connectivity index (χ3n) is 2.35. The Hall–Kier alpha value is -1.48. The summed E-state index contributed by atoms with van der Waals surface area (Å²) >= 11 is 3.35. The van der Waals surface area contributed by atoms with Crippen LogP contribution in [-0.4, -0.2) is 9.97 Å². The van der Waals surface area contributed by atoms with E-state index in [0.29, 0.717) is 0 Å². The highest BCUT2D eigenvalue weighted by atomic mass is 79.9. The molecule has 72 valence electrons. The van der Waals surface area contributed by atoms with Crippen LogP contribution in [0.5, 0.6) is 0 Å². The van der Waals surface area contributed by atoms with Crippen molar-refractivity contribution in [2.24, 2.45) is 0 Å². The Morgan fingerprint density at radius 3 is 2.60 bits per heavy atom. The molecule has 0 atom stereocenters. The van der Waals surface area contributed by atoms with Gasteiger partial charge in [-0.2, -0.15) is 0 Å². The lowest BCUT2D eigenvalue weighted by Crippen LogP contribution is -1.84. The maximum absolute atomic E-state index is 7.56. The molecule has 0 bridgehead atoms. The fourth-order valence-electron chi connectivity index (χ4n) is 1.65. The first-order valence-corrected chi connectivity index (χ1v) is 5.36. The van der Waals surface area contributed by atoms with Crippen LogP contribution in [0.4, 0.5) is 0 Å². The van der Waals surface area contributed by atoms with Crippen molar-refractivity contribution in [1.82, 2.24) is 9.97 Å². The lowest BCUT2D eigenvalue weighted by Gasteiger charge is -2.01. The van der Waals surface area contributed by atoms with Gasteiger partial charge < -0.3 is 0 Å². The van der Waals surface area contributed by atoms with Gasteiger partial charge in [-0.1, -0.05) is 24.3 Å². The van der Waals surface area contributed by atoms with Gasteiger partial charge in [-0.25, -0.2) is 4.98 Å². The highest BCUT2D eigenvalue weighted by Crippen LogP contribution is 2.23. The molecule has 0 saturated heterocycles. The molecule has 0 aliphatic heterocycles. The summed E-state index contributed by atoms with van der Waals surface area (Å²) in [6, 6.07) is 11.5. The molecule has 0 unspecified atom stereocenters. The molecule has 15 heavy (non-hydrogen) atoms. The summed E-state index contributed by atoms with van der Waals surface area (Å²) in [4.78, 5) is 8.64. The minimum Gasteiger partial charge on any atom is -0.254 e. The van der Waals surface area contributed by atoms with Crippen LogP contribution in [-0.2, 0) is 0 Å². The molecule has 0 fully saturated rings. The van der Waals surface area contributed by atoms with E-state index in [4.69, 9.17) is 1.37 Å². The predicted octanol–water partition coefficient (Wildman–Crippen LogP) is 3.55. The standard InChI is InChI=1S/C12H7BrN2/c13-10-6-5-9-4-3-8-2-1-7-14-11(8)12(9)15-10/h1-7H/i7D. The summed E-state index contributed by atoms with van der Waals surface area (Å²) < 4.78 is 8.34. The molecule has 2 aromatic heterocycles. The van der Waals surface area contributed by atoms with Crippen LogP contribution in [0.1, 0.15) is 1.37 Å². The van der Waals surface area contributed by atoms with Gasteiger partial charge in [-0.15, -0.1) is 0 Å². The lowest BCUT2D eigenvalue weighted by atomic mass is 10.1. The number of fused-ring (bicyclic) bond motifs is 3. The van der Waals surface area contributed by atoms with Gasteiger partial charge in [-0.3, -0.25) is 4.98 Å². The second-order valence-electron chi connectivity index (χ2n) is 3.28. The van der Waals surface area contributed by atoms with E-state index in [1.807, 2.05) is 30.3 Å². The zero-order chi connectivity index (χ0) is 11.1. The molecule has 0 spiro atoms. The smallest absolute Gasteiger partial charge is 0.106 e. The van der Waals surface area contributed by atoms with Gasteiger partial charge in [0.25, 0.3) is 0 Å². The SMILES string of the molecule is [2H]c1ccc2ccc3ccc(Br)nc3c2n1. The zero-order valence-corrected chi connectivity index (χ0v) is 9.32. The summed E-state index contributed by atoms with van der Waals surface area (Å²) in [6.07, 6.45) is 0.266. The van der Waals surface area contributed by atoms with E-state index in [0.717, 1.165) is 26.4 Å². The maximum atomic E-state index is 7.56. The van der Waals surface area contributed by atoms with Crippen molar-refractivity contribution in [1.29, 1.82) is 0 Å². The molecule has 3 rings (SSSR count). The molecule has 2 nitrogen and oxygen atoms in total. The van der Waals surface area contributed by atoms with Crippen molar-refractivity contribution in [3.05, 3.63) is 47.2 Å². The first kappa shape index (κ1) is 7.77. The van der Waals surface area contributed by atoms with Crippen molar-refractivity contribution >= 4 is 37.7 Å². The van der Waals surface area contributed by atoms with Crippen LogP contribution in [0.2, 0.25) is 0 Å². The first-order chi connectivity index (χ1) is 7.74. The van der Waals surface area contributed by atoms with Gasteiger partial charge in [-0.05, 0) is 28.1 Å². The van der Waals surface area contributed by atoms with Crippen molar-refractivity contribution in [2.45, 2.75) is 0 Å². The fraction of sp³-hybridized carbons (Fsp3) is 0. The average Bonchev–Trinajstić information content (AvgIpc) is 2.29. The molecule has 0 N–H and O–H groups in total. The molecular formula is C12H7BrN2. The van der Waals surface area contributed by atoms with E-state index in [-0.39, 0.29) is 6.17 Å². The highest BCUT2D eigenvalue weighted by Gasteiger charge is 2.02. The van der Waals surface area contributed by atoms with Crippen LogP contribution >= 0.6 is 15.9 Å². The second kappa shape index (κ2) is 3.28. The van der Waals surface area contributed by atoms with E-state index < -0.39 is 0 Å². The molecular weight excluding hydrogens is 252 g/mol. The number of benzene rings is 1. The molecule has 0 aliphatic rings. The topological polar surface area (TPSA) is 25.8 Å². The molecule has 3 aromatic rings. The quantitative estimate of drug-likeness (QED) is 0.456. The summed E-state index contributed by atoms with van der Waals surface area (Å²) in [7, 11) is 0. The van der Waals surface area contributed by atoms with Crippen molar-refractivity contribution < 1.29 is 1.37 Å². The normalized spacial score (nSPS) is 11.9. The van der Waals surface area contributed by atoms with Crippen LogP contribution in [0, 0.1) is 0 Å². The van der Waals surface area contributed by atoms with Crippen LogP contribution in [0.3, 0.4) is 0 Å². The summed E-state index contributed by atoms with van der Waals surface area (Å²) in [6.45, 7) is 0. The number of rotatable bonds is 0. The van der Waals surface area contributed by atoms with E-state index in [1.54, 1.807) is 6.07 Å². The first-order valence-electron chi connectivity index (χ1n) is 5.07. The Bertz CT molecular complexity index is 636. The van der Waals surface area contributed by atoms with Crippen molar-refractivity contribution in [3.8, 4) is 0 Å². The minimum atomic E-state index is 0.266.